The van der Waals surface area contributed by atoms with Gasteiger partial charge in [-0.25, -0.2) is 0 Å². The van der Waals surface area contributed by atoms with Gasteiger partial charge < -0.3 is 0 Å². The molecule has 0 saturated carbocycles. The van der Waals surface area contributed by atoms with Crippen LogP contribution in [0.25, 0.3) is 5.57 Å². The minimum atomic E-state index is 0.546. The maximum Gasteiger partial charge on any atom is 0.1000 e. The van der Waals surface area contributed by atoms with Crippen molar-refractivity contribution in [1.82, 2.24) is 0 Å². The molecule has 0 aliphatic heterocycles. The predicted octanol–water partition coefficient (Wildman–Crippen LogP) is 2.28. The molecule has 0 N–H and O–H groups in total. The first-order valence-electron chi connectivity index (χ1n) is 2.47. The van der Waals surface area contributed by atoms with E-state index in [-0.39, 0.29) is 0 Å². The summed E-state index contributed by atoms with van der Waals surface area (Å²) in [6.07, 6.45) is 0. The third kappa shape index (κ3) is 1.18. The monoisotopic (exact) mass is 135 g/mol. The normalized spacial score (nSPS) is 8.33. The van der Waals surface area contributed by atoms with E-state index in [1.54, 1.807) is 0 Å². The highest BCUT2D eigenvalue weighted by atomic mass is 32.1. The molecule has 0 spiro atoms. The van der Waals surface area contributed by atoms with Crippen LogP contribution < -0.4 is 0 Å². The fourth-order valence-corrected chi connectivity index (χ4v) is 1.15. The van der Waals surface area contributed by atoms with Gasteiger partial charge in [0.15, 0.2) is 0 Å². The summed E-state index contributed by atoms with van der Waals surface area (Å²) in [6.45, 7) is 3.56. The fraction of sp³-hybridized carbons (Fsp3) is 0. The van der Waals surface area contributed by atoms with Gasteiger partial charge in [-0.05, 0) is 11.4 Å². The Morgan fingerprint density at radius 3 is 3.00 bits per heavy atom. The molecule has 0 aliphatic rings. The Morgan fingerprint density at radius 2 is 2.56 bits per heavy atom. The van der Waals surface area contributed by atoms with Gasteiger partial charge in [0.25, 0.3) is 0 Å². The van der Waals surface area contributed by atoms with Gasteiger partial charge in [-0.3, -0.25) is 0 Å². The largest absolute Gasteiger partial charge is 0.192 e. The van der Waals surface area contributed by atoms with Gasteiger partial charge >= 0.3 is 0 Å². The van der Waals surface area contributed by atoms with Crippen LogP contribution in [0.2, 0.25) is 0 Å². The van der Waals surface area contributed by atoms with E-state index in [1.165, 1.54) is 11.3 Å². The smallest absolute Gasteiger partial charge is 0.1000 e. The van der Waals surface area contributed by atoms with Crippen LogP contribution in [0.4, 0.5) is 0 Å². The molecular weight excluding hydrogens is 130 g/mol. The Kier molecular flexibility index (Phi) is 1.66. The van der Waals surface area contributed by atoms with Crippen molar-refractivity contribution in [1.29, 1.82) is 5.26 Å². The van der Waals surface area contributed by atoms with Crippen molar-refractivity contribution < 1.29 is 0 Å². The molecule has 9 heavy (non-hydrogen) atoms. The third-order valence-electron chi connectivity index (χ3n) is 0.954. The number of hydrogen-bond donors (Lipinski definition) is 0. The third-order valence-corrected chi connectivity index (χ3v) is 1.88. The van der Waals surface area contributed by atoms with Gasteiger partial charge in [-0.1, -0.05) is 12.6 Å². The summed E-state index contributed by atoms with van der Waals surface area (Å²) in [5.41, 5.74) is 0.546. The van der Waals surface area contributed by atoms with Crippen molar-refractivity contribution in [3.05, 3.63) is 29.0 Å². The summed E-state index contributed by atoms with van der Waals surface area (Å²) < 4.78 is 0. The average molecular weight is 135 g/mol. The molecule has 0 aromatic carbocycles. The van der Waals surface area contributed by atoms with Gasteiger partial charge in [0.1, 0.15) is 0 Å². The summed E-state index contributed by atoms with van der Waals surface area (Å²) in [6, 6.07) is 5.77. The van der Waals surface area contributed by atoms with E-state index in [9.17, 15) is 0 Å². The molecule has 0 amide bonds. The van der Waals surface area contributed by atoms with Crippen molar-refractivity contribution in [2.45, 2.75) is 0 Å². The summed E-state index contributed by atoms with van der Waals surface area (Å²) in [5.74, 6) is 0. The lowest BCUT2D eigenvalue weighted by atomic mass is 10.3. The van der Waals surface area contributed by atoms with E-state index in [4.69, 9.17) is 5.26 Å². The van der Waals surface area contributed by atoms with Crippen LogP contribution in [0, 0.1) is 11.3 Å². The van der Waals surface area contributed by atoms with Crippen LogP contribution in [0.1, 0.15) is 4.88 Å². The van der Waals surface area contributed by atoms with Gasteiger partial charge in [0.2, 0.25) is 0 Å². The number of nitriles is 1. The summed E-state index contributed by atoms with van der Waals surface area (Å²) in [5, 5.41) is 10.3. The number of rotatable bonds is 1. The lowest BCUT2D eigenvalue weighted by Crippen LogP contribution is -1.66. The minimum absolute atomic E-state index is 0.546. The standard InChI is InChI=1S/C7H5NS/c1-6(5-8)7-3-2-4-9-7/h2-4H,1H2. The van der Waals surface area contributed by atoms with Crippen molar-refractivity contribution in [3.8, 4) is 6.07 Å². The second-order valence-electron chi connectivity index (χ2n) is 1.57. The van der Waals surface area contributed by atoms with E-state index in [2.05, 4.69) is 6.58 Å². The zero-order valence-electron chi connectivity index (χ0n) is 4.79. The molecule has 1 nitrogen and oxygen atoms in total. The summed E-state index contributed by atoms with van der Waals surface area (Å²) >= 11 is 1.53. The van der Waals surface area contributed by atoms with Crippen LogP contribution in [0.3, 0.4) is 0 Å². The molecule has 0 saturated heterocycles. The SMILES string of the molecule is C=C(C#N)c1cccs1. The highest BCUT2D eigenvalue weighted by Gasteiger charge is 1.94. The zero-order chi connectivity index (χ0) is 6.69. The molecule has 0 aliphatic carbocycles. The Morgan fingerprint density at radius 1 is 1.78 bits per heavy atom. The van der Waals surface area contributed by atoms with Crippen LogP contribution in [-0.4, -0.2) is 0 Å². The molecule has 0 atom stereocenters. The first-order valence-corrected chi connectivity index (χ1v) is 3.35. The predicted molar refractivity (Wildman–Crippen MR) is 39.0 cm³/mol. The maximum atomic E-state index is 8.36. The molecule has 44 valence electrons. The Balaban J connectivity index is 2.93. The number of thiophene rings is 1. The first kappa shape index (κ1) is 6.06. The van der Waals surface area contributed by atoms with Crippen molar-refractivity contribution in [3.63, 3.8) is 0 Å². The number of hydrogen-bond acceptors (Lipinski definition) is 2. The van der Waals surface area contributed by atoms with Gasteiger partial charge in [0, 0.05) is 4.88 Å². The molecule has 0 fully saturated rings. The van der Waals surface area contributed by atoms with Gasteiger partial charge in [-0.2, -0.15) is 5.26 Å². The van der Waals surface area contributed by atoms with Crippen LogP contribution in [0.15, 0.2) is 24.1 Å². The second-order valence-corrected chi connectivity index (χ2v) is 2.52. The second kappa shape index (κ2) is 2.47. The highest BCUT2D eigenvalue weighted by molar-refractivity contribution is 7.11. The first-order chi connectivity index (χ1) is 4.34. The van der Waals surface area contributed by atoms with Crippen molar-refractivity contribution >= 4 is 16.9 Å². The van der Waals surface area contributed by atoms with Gasteiger partial charge in [0.05, 0.1) is 11.6 Å². The molecule has 1 rings (SSSR count). The average Bonchev–Trinajstić information content (AvgIpc) is 2.37. The molecule has 1 aromatic rings. The topological polar surface area (TPSA) is 23.8 Å². The van der Waals surface area contributed by atoms with E-state index in [1.807, 2.05) is 23.6 Å². The van der Waals surface area contributed by atoms with Crippen molar-refractivity contribution in [2.24, 2.45) is 0 Å². The number of allylic oxidation sites excluding steroid dienone is 1. The van der Waals surface area contributed by atoms with E-state index in [0.29, 0.717) is 5.57 Å². The number of nitrogens with zero attached hydrogens (tertiary/aromatic N) is 1. The minimum Gasteiger partial charge on any atom is -0.192 e. The Labute approximate surface area is 57.9 Å². The lowest BCUT2D eigenvalue weighted by molar-refractivity contribution is 1.54. The van der Waals surface area contributed by atoms with Gasteiger partial charge in [-0.15, -0.1) is 11.3 Å². The molecule has 2 heteroatoms. The maximum absolute atomic E-state index is 8.36. The van der Waals surface area contributed by atoms with E-state index in [0.717, 1.165) is 4.88 Å². The lowest BCUT2D eigenvalue weighted by Gasteiger charge is -1.83. The van der Waals surface area contributed by atoms with Crippen molar-refractivity contribution in [2.75, 3.05) is 0 Å². The van der Waals surface area contributed by atoms with E-state index < -0.39 is 0 Å². The van der Waals surface area contributed by atoms with E-state index >= 15 is 0 Å². The molecule has 1 aromatic heterocycles. The molecule has 1 heterocycles. The van der Waals surface area contributed by atoms with Crippen LogP contribution >= 0.6 is 11.3 Å². The molecule has 0 radical (unpaired) electrons. The molecular formula is C7H5NS. The Hall–Kier alpha value is -1.07. The Bertz CT molecular complexity index is 240. The zero-order valence-corrected chi connectivity index (χ0v) is 5.61. The molecule has 0 bridgehead atoms. The summed E-state index contributed by atoms with van der Waals surface area (Å²) in [7, 11) is 0. The molecule has 0 unspecified atom stereocenters. The fourth-order valence-electron chi connectivity index (χ4n) is 0.505. The highest BCUT2D eigenvalue weighted by Crippen LogP contribution is 2.16. The quantitative estimate of drug-likeness (QED) is 0.542. The van der Waals surface area contributed by atoms with Crippen LogP contribution in [0.5, 0.6) is 0 Å². The summed E-state index contributed by atoms with van der Waals surface area (Å²) in [4.78, 5) is 0.956. The van der Waals surface area contributed by atoms with Crippen LogP contribution in [-0.2, 0) is 0 Å².